The van der Waals surface area contributed by atoms with Crippen LogP contribution in [-0.4, -0.2) is 12.5 Å². The zero-order valence-electron chi connectivity index (χ0n) is 8.09. The van der Waals surface area contributed by atoms with Crippen molar-refractivity contribution in [2.24, 2.45) is 5.73 Å². The van der Waals surface area contributed by atoms with Crippen LogP contribution in [0.5, 0.6) is 0 Å². The van der Waals surface area contributed by atoms with Gasteiger partial charge in [-0.1, -0.05) is 11.6 Å². The Morgan fingerprint density at radius 3 is 2.87 bits per heavy atom. The van der Waals surface area contributed by atoms with Crippen LogP contribution in [0.15, 0.2) is 18.2 Å². The Morgan fingerprint density at radius 2 is 2.27 bits per heavy atom. The van der Waals surface area contributed by atoms with Crippen LogP contribution < -0.4 is 11.1 Å². The van der Waals surface area contributed by atoms with E-state index in [-0.39, 0.29) is 11.6 Å². The van der Waals surface area contributed by atoms with Gasteiger partial charge >= 0.3 is 0 Å². The van der Waals surface area contributed by atoms with Gasteiger partial charge in [-0.15, -0.1) is 0 Å². The van der Waals surface area contributed by atoms with Gasteiger partial charge in [0.15, 0.2) is 0 Å². The number of rotatable bonds is 4. The third-order valence-electron chi connectivity index (χ3n) is 1.81. The summed E-state index contributed by atoms with van der Waals surface area (Å²) in [6, 6.07) is 4.10. The number of hydrogen-bond acceptors (Lipinski definition) is 2. The molecule has 0 aliphatic heterocycles. The highest BCUT2D eigenvalue weighted by molar-refractivity contribution is 6.30. The molecule has 0 aliphatic rings. The number of nitrogens with one attached hydrogen (secondary N) is 1. The van der Waals surface area contributed by atoms with Crippen LogP contribution in [0.2, 0.25) is 5.02 Å². The Hall–Kier alpha value is -1.13. The molecule has 0 aromatic heterocycles. The van der Waals surface area contributed by atoms with Crippen LogP contribution >= 0.6 is 11.6 Å². The largest absolute Gasteiger partial charge is 0.330 e. The first-order valence-electron chi connectivity index (χ1n) is 4.58. The van der Waals surface area contributed by atoms with Crippen LogP contribution in [0.25, 0.3) is 0 Å². The van der Waals surface area contributed by atoms with Crippen LogP contribution in [0.4, 0.5) is 10.1 Å². The SMILES string of the molecule is NCCCC(=O)Nc1ccc(Cl)cc1F. The quantitative estimate of drug-likeness (QED) is 0.833. The lowest BCUT2D eigenvalue weighted by atomic mass is 10.2. The fraction of sp³-hybridized carbons (Fsp3) is 0.300. The minimum Gasteiger partial charge on any atom is -0.330 e. The summed E-state index contributed by atoms with van der Waals surface area (Å²) in [7, 11) is 0. The molecule has 0 atom stereocenters. The first kappa shape index (κ1) is 11.9. The minimum atomic E-state index is -0.538. The van der Waals surface area contributed by atoms with E-state index in [2.05, 4.69) is 5.32 Å². The van der Waals surface area contributed by atoms with E-state index in [0.29, 0.717) is 24.4 Å². The summed E-state index contributed by atoms with van der Waals surface area (Å²) in [6.45, 7) is 0.441. The van der Waals surface area contributed by atoms with Crippen molar-refractivity contribution < 1.29 is 9.18 Å². The molecule has 3 N–H and O–H groups in total. The van der Waals surface area contributed by atoms with Crippen molar-refractivity contribution in [2.45, 2.75) is 12.8 Å². The highest BCUT2D eigenvalue weighted by Crippen LogP contribution is 2.18. The molecule has 5 heteroatoms. The van der Waals surface area contributed by atoms with E-state index in [1.54, 1.807) is 0 Å². The lowest BCUT2D eigenvalue weighted by Gasteiger charge is -2.05. The molecule has 0 fully saturated rings. The van der Waals surface area contributed by atoms with Gasteiger partial charge < -0.3 is 11.1 Å². The molecule has 1 aromatic carbocycles. The van der Waals surface area contributed by atoms with Gasteiger partial charge in [0.2, 0.25) is 5.91 Å². The van der Waals surface area contributed by atoms with Crippen molar-refractivity contribution in [2.75, 3.05) is 11.9 Å². The molecule has 0 spiro atoms. The molecular weight excluding hydrogens is 219 g/mol. The van der Waals surface area contributed by atoms with Crippen molar-refractivity contribution in [3.05, 3.63) is 29.0 Å². The fourth-order valence-electron chi connectivity index (χ4n) is 1.07. The maximum absolute atomic E-state index is 13.2. The number of anilines is 1. The van der Waals surface area contributed by atoms with Gasteiger partial charge in [0, 0.05) is 11.4 Å². The molecule has 1 amide bonds. The Bertz CT molecular complexity index is 357. The fourth-order valence-corrected chi connectivity index (χ4v) is 1.22. The normalized spacial score (nSPS) is 10.1. The Morgan fingerprint density at radius 1 is 1.53 bits per heavy atom. The number of benzene rings is 1. The second-order valence-electron chi connectivity index (χ2n) is 3.06. The van der Waals surface area contributed by atoms with Crippen molar-refractivity contribution in [1.29, 1.82) is 0 Å². The molecule has 0 unspecified atom stereocenters. The summed E-state index contributed by atoms with van der Waals surface area (Å²) < 4.78 is 13.2. The molecule has 0 radical (unpaired) electrons. The summed E-state index contributed by atoms with van der Waals surface area (Å²) >= 11 is 5.57. The Kier molecular flexibility index (Phi) is 4.52. The van der Waals surface area contributed by atoms with E-state index in [9.17, 15) is 9.18 Å². The number of nitrogens with two attached hydrogens (primary N) is 1. The zero-order chi connectivity index (χ0) is 11.3. The highest BCUT2D eigenvalue weighted by atomic mass is 35.5. The Labute approximate surface area is 92.4 Å². The number of carbonyl (C=O) groups excluding carboxylic acids is 1. The highest BCUT2D eigenvalue weighted by Gasteiger charge is 2.06. The molecular formula is C10H12ClFN2O. The molecule has 0 saturated carbocycles. The molecule has 15 heavy (non-hydrogen) atoms. The summed E-state index contributed by atoms with van der Waals surface area (Å²) in [5, 5.41) is 2.74. The van der Waals surface area contributed by atoms with Gasteiger partial charge in [-0.25, -0.2) is 4.39 Å². The second-order valence-corrected chi connectivity index (χ2v) is 3.50. The standard InChI is InChI=1S/C10H12ClFN2O/c11-7-3-4-9(8(12)6-7)14-10(15)2-1-5-13/h3-4,6H,1-2,5,13H2,(H,14,15). The summed E-state index contributed by atoms with van der Waals surface area (Å²) in [6.07, 6.45) is 0.875. The number of hydrogen-bond donors (Lipinski definition) is 2. The van der Waals surface area contributed by atoms with E-state index in [1.807, 2.05) is 0 Å². The van der Waals surface area contributed by atoms with Crippen molar-refractivity contribution in [1.82, 2.24) is 0 Å². The van der Waals surface area contributed by atoms with E-state index in [4.69, 9.17) is 17.3 Å². The lowest BCUT2D eigenvalue weighted by Crippen LogP contribution is -2.14. The number of carbonyl (C=O) groups is 1. The predicted octanol–water partition coefficient (Wildman–Crippen LogP) is 2.16. The average molecular weight is 231 g/mol. The van der Waals surface area contributed by atoms with E-state index in [0.717, 1.165) is 6.07 Å². The van der Waals surface area contributed by atoms with Gasteiger partial charge in [-0.05, 0) is 31.2 Å². The third kappa shape index (κ3) is 3.85. The summed E-state index contributed by atoms with van der Waals surface area (Å²) in [5.74, 6) is -0.787. The predicted molar refractivity (Wildman–Crippen MR) is 58.3 cm³/mol. The molecule has 0 heterocycles. The Balaban J connectivity index is 2.60. The monoisotopic (exact) mass is 230 g/mol. The summed E-state index contributed by atoms with van der Waals surface area (Å²) in [4.78, 5) is 11.2. The van der Waals surface area contributed by atoms with Gasteiger partial charge in [-0.2, -0.15) is 0 Å². The molecule has 0 aliphatic carbocycles. The molecule has 1 rings (SSSR count). The van der Waals surface area contributed by atoms with Gasteiger partial charge in [0.25, 0.3) is 0 Å². The summed E-state index contributed by atoms with van der Waals surface area (Å²) in [5.41, 5.74) is 5.39. The maximum Gasteiger partial charge on any atom is 0.224 e. The minimum absolute atomic E-state index is 0.140. The molecule has 1 aromatic rings. The molecule has 82 valence electrons. The van der Waals surface area contributed by atoms with Crippen molar-refractivity contribution in [3.8, 4) is 0 Å². The smallest absolute Gasteiger partial charge is 0.224 e. The lowest BCUT2D eigenvalue weighted by molar-refractivity contribution is -0.116. The zero-order valence-corrected chi connectivity index (χ0v) is 8.85. The molecule has 0 saturated heterocycles. The number of halogens is 2. The van der Waals surface area contributed by atoms with Crippen LogP contribution in [0.1, 0.15) is 12.8 Å². The van der Waals surface area contributed by atoms with Gasteiger partial charge in [-0.3, -0.25) is 4.79 Å². The van der Waals surface area contributed by atoms with Gasteiger partial charge in [0.1, 0.15) is 5.82 Å². The van der Waals surface area contributed by atoms with Crippen molar-refractivity contribution >= 4 is 23.2 Å². The van der Waals surface area contributed by atoms with Crippen LogP contribution in [0, 0.1) is 5.82 Å². The second kappa shape index (κ2) is 5.68. The van der Waals surface area contributed by atoms with Gasteiger partial charge in [0.05, 0.1) is 5.69 Å². The van der Waals surface area contributed by atoms with Crippen LogP contribution in [-0.2, 0) is 4.79 Å². The van der Waals surface area contributed by atoms with E-state index < -0.39 is 5.82 Å². The average Bonchev–Trinajstić information content (AvgIpc) is 2.19. The van der Waals surface area contributed by atoms with Crippen molar-refractivity contribution in [3.63, 3.8) is 0 Å². The molecule has 3 nitrogen and oxygen atoms in total. The molecule has 0 bridgehead atoms. The van der Waals surface area contributed by atoms with E-state index in [1.165, 1.54) is 12.1 Å². The first-order valence-corrected chi connectivity index (χ1v) is 4.96. The van der Waals surface area contributed by atoms with E-state index >= 15 is 0 Å². The van der Waals surface area contributed by atoms with Crippen LogP contribution in [0.3, 0.4) is 0 Å². The first-order chi connectivity index (χ1) is 7.13. The third-order valence-corrected chi connectivity index (χ3v) is 2.05. The maximum atomic E-state index is 13.2. The topological polar surface area (TPSA) is 55.1 Å². The number of amides is 1.